The second-order valence-electron chi connectivity index (χ2n) is 4.13. The van der Waals surface area contributed by atoms with E-state index in [0.717, 1.165) is 12.8 Å². The van der Waals surface area contributed by atoms with Gasteiger partial charge in [0.05, 0.1) is 6.04 Å². The van der Waals surface area contributed by atoms with Crippen molar-refractivity contribution in [2.75, 3.05) is 0 Å². The Hall–Kier alpha value is -0.370. The van der Waals surface area contributed by atoms with Gasteiger partial charge in [0.15, 0.2) is 5.78 Å². The smallest absolute Gasteiger partial charge is 0.152 e. The average molecular weight is 169 g/mol. The molecule has 2 N–H and O–H groups in total. The Labute approximate surface area is 74.5 Å². The summed E-state index contributed by atoms with van der Waals surface area (Å²) in [5.41, 5.74) is 5.87. The molecular weight excluding hydrogens is 150 g/mol. The maximum absolute atomic E-state index is 11.5. The summed E-state index contributed by atoms with van der Waals surface area (Å²) in [6.07, 6.45) is 4.81. The number of hydrogen-bond acceptors (Lipinski definition) is 2. The quantitative estimate of drug-likeness (QED) is 0.699. The Bertz CT molecular complexity index is 159. The highest BCUT2D eigenvalue weighted by molar-refractivity contribution is 5.85. The van der Waals surface area contributed by atoms with Crippen LogP contribution in [0.15, 0.2) is 0 Å². The van der Waals surface area contributed by atoms with Crippen molar-refractivity contribution in [2.45, 2.75) is 45.6 Å². The van der Waals surface area contributed by atoms with Gasteiger partial charge < -0.3 is 5.73 Å². The number of Topliss-reactive ketones (excluding diaryl/α,β-unsaturated/α-hetero) is 1. The van der Waals surface area contributed by atoms with Crippen molar-refractivity contribution in [3.05, 3.63) is 0 Å². The van der Waals surface area contributed by atoms with Crippen molar-refractivity contribution in [3.8, 4) is 0 Å². The van der Waals surface area contributed by atoms with Crippen molar-refractivity contribution in [3.63, 3.8) is 0 Å². The molecule has 12 heavy (non-hydrogen) atoms. The van der Waals surface area contributed by atoms with E-state index in [0.29, 0.717) is 5.92 Å². The molecule has 0 aromatic heterocycles. The van der Waals surface area contributed by atoms with E-state index in [4.69, 9.17) is 5.73 Å². The number of carbonyl (C=O) groups excluding carboxylic acids is 1. The Morgan fingerprint density at radius 3 is 2.25 bits per heavy atom. The fourth-order valence-corrected chi connectivity index (χ4v) is 1.93. The van der Waals surface area contributed by atoms with Crippen LogP contribution in [0.4, 0.5) is 0 Å². The molecule has 0 aromatic rings. The minimum absolute atomic E-state index is 0.0978. The van der Waals surface area contributed by atoms with Crippen molar-refractivity contribution < 1.29 is 4.79 Å². The lowest BCUT2D eigenvalue weighted by Crippen LogP contribution is -2.39. The van der Waals surface area contributed by atoms with Gasteiger partial charge in [-0.25, -0.2) is 0 Å². The second kappa shape index (κ2) is 4.04. The van der Waals surface area contributed by atoms with Gasteiger partial charge in [-0.2, -0.15) is 0 Å². The SMILES string of the molecule is CC(C)C(=O)[C@H](N)C1CCCC1. The van der Waals surface area contributed by atoms with Gasteiger partial charge in [0.2, 0.25) is 0 Å². The number of carbonyl (C=O) groups is 1. The zero-order valence-electron chi connectivity index (χ0n) is 8.05. The molecule has 0 radical (unpaired) electrons. The van der Waals surface area contributed by atoms with Gasteiger partial charge in [0, 0.05) is 5.92 Å². The van der Waals surface area contributed by atoms with Crippen molar-refractivity contribution in [1.29, 1.82) is 0 Å². The average Bonchev–Trinajstić information content (AvgIpc) is 2.53. The van der Waals surface area contributed by atoms with Gasteiger partial charge in [0.25, 0.3) is 0 Å². The molecule has 0 bridgehead atoms. The molecule has 0 heterocycles. The summed E-state index contributed by atoms with van der Waals surface area (Å²) in [5.74, 6) is 0.808. The first-order valence-corrected chi connectivity index (χ1v) is 4.92. The monoisotopic (exact) mass is 169 g/mol. The molecule has 1 fully saturated rings. The largest absolute Gasteiger partial charge is 0.321 e. The summed E-state index contributed by atoms with van der Waals surface area (Å²) in [4.78, 5) is 11.5. The Morgan fingerprint density at radius 1 is 1.33 bits per heavy atom. The Balaban J connectivity index is 2.45. The van der Waals surface area contributed by atoms with Crippen LogP contribution in [-0.4, -0.2) is 11.8 Å². The van der Waals surface area contributed by atoms with E-state index in [9.17, 15) is 4.79 Å². The van der Waals surface area contributed by atoms with Gasteiger partial charge in [-0.1, -0.05) is 26.7 Å². The topological polar surface area (TPSA) is 43.1 Å². The first-order chi connectivity index (χ1) is 5.63. The standard InChI is InChI=1S/C10H19NO/c1-7(2)10(12)9(11)8-5-3-4-6-8/h7-9H,3-6,11H2,1-2H3/t9-/m1/s1. The molecule has 2 heteroatoms. The van der Waals surface area contributed by atoms with Gasteiger partial charge in [-0.3, -0.25) is 4.79 Å². The fourth-order valence-electron chi connectivity index (χ4n) is 1.93. The summed E-state index contributed by atoms with van der Waals surface area (Å²) in [7, 11) is 0. The summed E-state index contributed by atoms with van der Waals surface area (Å²) in [6.45, 7) is 3.86. The lowest BCUT2D eigenvalue weighted by molar-refractivity contribution is -0.124. The molecule has 1 saturated carbocycles. The van der Waals surface area contributed by atoms with Crippen LogP contribution >= 0.6 is 0 Å². The Kier molecular flexibility index (Phi) is 3.27. The number of rotatable bonds is 3. The summed E-state index contributed by atoms with van der Waals surface area (Å²) in [6, 6.07) is -0.188. The molecule has 70 valence electrons. The van der Waals surface area contributed by atoms with E-state index in [-0.39, 0.29) is 17.7 Å². The lowest BCUT2D eigenvalue weighted by Gasteiger charge is -2.19. The number of ketones is 1. The summed E-state index contributed by atoms with van der Waals surface area (Å²) >= 11 is 0. The first kappa shape index (κ1) is 9.72. The highest BCUT2D eigenvalue weighted by Gasteiger charge is 2.28. The van der Waals surface area contributed by atoms with Crippen LogP contribution in [0.5, 0.6) is 0 Å². The molecule has 1 atom stereocenters. The first-order valence-electron chi connectivity index (χ1n) is 4.92. The van der Waals surface area contributed by atoms with E-state index in [2.05, 4.69) is 0 Å². The number of hydrogen-bond donors (Lipinski definition) is 1. The van der Waals surface area contributed by atoms with E-state index in [1.54, 1.807) is 0 Å². The third-order valence-corrected chi connectivity index (χ3v) is 2.81. The van der Waals surface area contributed by atoms with Crippen molar-refractivity contribution in [1.82, 2.24) is 0 Å². The maximum Gasteiger partial charge on any atom is 0.152 e. The van der Waals surface area contributed by atoms with Crippen LogP contribution in [0.25, 0.3) is 0 Å². The van der Waals surface area contributed by atoms with Crippen LogP contribution in [0.2, 0.25) is 0 Å². The van der Waals surface area contributed by atoms with Gasteiger partial charge in [-0.05, 0) is 18.8 Å². The fraction of sp³-hybridized carbons (Fsp3) is 0.900. The normalized spacial score (nSPS) is 21.7. The van der Waals surface area contributed by atoms with Gasteiger partial charge >= 0.3 is 0 Å². The molecule has 0 saturated heterocycles. The van der Waals surface area contributed by atoms with Crippen LogP contribution in [0, 0.1) is 11.8 Å². The summed E-state index contributed by atoms with van der Waals surface area (Å²) in [5, 5.41) is 0. The maximum atomic E-state index is 11.5. The van der Waals surface area contributed by atoms with Crippen molar-refractivity contribution in [2.24, 2.45) is 17.6 Å². The van der Waals surface area contributed by atoms with Gasteiger partial charge in [-0.15, -0.1) is 0 Å². The second-order valence-corrected chi connectivity index (χ2v) is 4.13. The van der Waals surface area contributed by atoms with E-state index < -0.39 is 0 Å². The molecule has 1 rings (SSSR count). The van der Waals surface area contributed by atoms with Crippen LogP contribution in [0.3, 0.4) is 0 Å². The van der Waals surface area contributed by atoms with Crippen LogP contribution in [-0.2, 0) is 4.79 Å². The van der Waals surface area contributed by atoms with Crippen LogP contribution < -0.4 is 5.73 Å². The zero-order valence-corrected chi connectivity index (χ0v) is 8.05. The molecule has 2 nitrogen and oxygen atoms in total. The Morgan fingerprint density at radius 2 is 1.83 bits per heavy atom. The minimum Gasteiger partial charge on any atom is -0.321 e. The highest BCUT2D eigenvalue weighted by atomic mass is 16.1. The van der Waals surface area contributed by atoms with Crippen molar-refractivity contribution >= 4 is 5.78 Å². The van der Waals surface area contributed by atoms with E-state index >= 15 is 0 Å². The molecule has 0 aliphatic heterocycles. The molecule has 0 aromatic carbocycles. The third kappa shape index (κ3) is 2.07. The highest BCUT2D eigenvalue weighted by Crippen LogP contribution is 2.27. The van der Waals surface area contributed by atoms with E-state index in [1.165, 1.54) is 12.8 Å². The molecule has 1 aliphatic carbocycles. The number of nitrogens with two attached hydrogens (primary N) is 1. The predicted molar refractivity (Wildman–Crippen MR) is 49.8 cm³/mol. The molecule has 0 unspecified atom stereocenters. The molecular formula is C10H19NO. The predicted octanol–water partition coefficient (Wildman–Crippen LogP) is 1.73. The molecule has 0 spiro atoms. The van der Waals surface area contributed by atoms with E-state index in [1.807, 2.05) is 13.8 Å². The zero-order chi connectivity index (χ0) is 9.14. The summed E-state index contributed by atoms with van der Waals surface area (Å²) < 4.78 is 0. The van der Waals surface area contributed by atoms with Crippen LogP contribution in [0.1, 0.15) is 39.5 Å². The third-order valence-electron chi connectivity index (χ3n) is 2.81. The molecule has 1 aliphatic rings. The molecule has 0 amide bonds. The lowest BCUT2D eigenvalue weighted by atomic mass is 9.90. The van der Waals surface area contributed by atoms with Gasteiger partial charge in [0.1, 0.15) is 0 Å². The minimum atomic E-state index is -0.188.